The van der Waals surface area contributed by atoms with Crippen molar-refractivity contribution in [2.75, 3.05) is 0 Å². The zero-order chi connectivity index (χ0) is 21.3. The van der Waals surface area contributed by atoms with E-state index in [2.05, 4.69) is 11.4 Å². The lowest BCUT2D eigenvalue weighted by Crippen LogP contribution is -2.23. The Balaban J connectivity index is 1.83. The smallest absolute Gasteiger partial charge is 0.252 e. The molecule has 1 N–H and O–H groups in total. The summed E-state index contributed by atoms with van der Waals surface area (Å²) in [5, 5.41) is 4.90. The van der Waals surface area contributed by atoms with Crippen LogP contribution in [0, 0.1) is 13.8 Å². The molecular weight excluding hydrogens is 415 g/mol. The van der Waals surface area contributed by atoms with Gasteiger partial charge in [-0.3, -0.25) is 4.79 Å². The maximum atomic E-state index is 13.2. The number of pyridine rings is 1. The van der Waals surface area contributed by atoms with Crippen LogP contribution in [0.25, 0.3) is 22.2 Å². The molecule has 1 heterocycles. The van der Waals surface area contributed by atoms with Crippen molar-refractivity contribution < 1.29 is 4.79 Å². The van der Waals surface area contributed by atoms with Crippen LogP contribution in [0.15, 0.2) is 66.7 Å². The molecule has 0 saturated carbocycles. The van der Waals surface area contributed by atoms with Crippen LogP contribution in [0.1, 0.15) is 27.0 Å². The summed E-state index contributed by atoms with van der Waals surface area (Å²) >= 11 is 12.5. The van der Waals surface area contributed by atoms with Crippen molar-refractivity contribution in [1.29, 1.82) is 0 Å². The number of carbonyl (C=O) groups is 1. The number of hydrogen-bond acceptors (Lipinski definition) is 2. The maximum absolute atomic E-state index is 13.2. The van der Waals surface area contributed by atoms with Gasteiger partial charge in [0.15, 0.2) is 0 Å². The van der Waals surface area contributed by atoms with Crippen LogP contribution in [0.3, 0.4) is 0 Å². The standard InChI is InChI=1S/C25H20Cl2N2O/c1-15-10-16(2)24-20(11-15)21(25(30)28-14-17-6-4-3-5-7-17)13-23(29-24)19-9-8-18(26)12-22(19)27/h3-13H,14H2,1-2H3,(H,28,30). The van der Waals surface area contributed by atoms with Gasteiger partial charge in [0.1, 0.15) is 0 Å². The van der Waals surface area contributed by atoms with Crippen LogP contribution in [-0.2, 0) is 6.54 Å². The Labute approximate surface area is 185 Å². The summed E-state index contributed by atoms with van der Waals surface area (Å²) in [6, 6.07) is 21.0. The van der Waals surface area contributed by atoms with Crippen LogP contribution in [0.4, 0.5) is 0 Å². The van der Waals surface area contributed by atoms with Gasteiger partial charge in [-0.1, -0.05) is 65.2 Å². The highest BCUT2D eigenvalue weighted by atomic mass is 35.5. The van der Waals surface area contributed by atoms with Gasteiger partial charge in [0.25, 0.3) is 5.91 Å². The topological polar surface area (TPSA) is 42.0 Å². The zero-order valence-corrected chi connectivity index (χ0v) is 18.2. The normalized spacial score (nSPS) is 10.9. The number of carbonyl (C=O) groups excluding carboxylic acids is 1. The van der Waals surface area contributed by atoms with Crippen LogP contribution in [0.2, 0.25) is 10.0 Å². The Hall–Kier alpha value is -2.88. The van der Waals surface area contributed by atoms with E-state index in [1.54, 1.807) is 18.2 Å². The first-order valence-electron chi connectivity index (χ1n) is 9.62. The monoisotopic (exact) mass is 434 g/mol. The molecule has 1 aromatic heterocycles. The van der Waals surface area contributed by atoms with E-state index in [1.807, 2.05) is 56.3 Å². The van der Waals surface area contributed by atoms with Gasteiger partial charge in [0, 0.05) is 22.5 Å². The molecule has 150 valence electrons. The van der Waals surface area contributed by atoms with Crippen LogP contribution >= 0.6 is 23.2 Å². The molecule has 1 amide bonds. The predicted octanol–water partition coefficient (Wildman–Crippen LogP) is 6.76. The highest BCUT2D eigenvalue weighted by Crippen LogP contribution is 2.33. The molecule has 0 unspecified atom stereocenters. The summed E-state index contributed by atoms with van der Waals surface area (Å²) in [5.41, 5.74) is 5.86. The van der Waals surface area contributed by atoms with E-state index >= 15 is 0 Å². The first-order chi connectivity index (χ1) is 14.4. The van der Waals surface area contributed by atoms with E-state index in [0.29, 0.717) is 27.8 Å². The molecule has 0 aliphatic heterocycles. The first kappa shape index (κ1) is 20.4. The number of benzene rings is 3. The Morgan fingerprint density at radius 2 is 1.73 bits per heavy atom. The summed E-state index contributed by atoms with van der Waals surface area (Å²) in [7, 11) is 0. The van der Waals surface area contributed by atoms with Crippen molar-refractivity contribution in [2.24, 2.45) is 0 Å². The van der Waals surface area contributed by atoms with E-state index in [1.165, 1.54) is 0 Å². The largest absolute Gasteiger partial charge is 0.348 e. The second-order valence-electron chi connectivity index (χ2n) is 7.33. The number of hydrogen-bond donors (Lipinski definition) is 1. The molecule has 0 atom stereocenters. The van der Waals surface area contributed by atoms with E-state index < -0.39 is 0 Å². The van der Waals surface area contributed by atoms with Gasteiger partial charge >= 0.3 is 0 Å². The number of amides is 1. The predicted molar refractivity (Wildman–Crippen MR) is 124 cm³/mol. The lowest BCUT2D eigenvalue weighted by Gasteiger charge is -2.14. The summed E-state index contributed by atoms with van der Waals surface area (Å²) in [4.78, 5) is 18.0. The van der Waals surface area contributed by atoms with Crippen molar-refractivity contribution in [3.05, 3.63) is 99.0 Å². The number of aromatic nitrogens is 1. The molecule has 0 fully saturated rings. The van der Waals surface area contributed by atoms with E-state index in [-0.39, 0.29) is 5.91 Å². The molecule has 0 aliphatic carbocycles. The number of fused-ring (bicyclic) bond motifs is 1. The highest BCUT2D eigenvalue weighted by Gasteiger charge is 2.17. The van der Waals surface area contributed by atoms with E-state index in [0.717, 1.165) is 33.2 Å². The van der Waals surface area contributed by atoms with Gasteiger partial charge in [-0.15, -0.1) is 0 Å². The SMILES string of the molecule is Cc1cc(C)c2nc(-c3ccc(Cl)cc3Cl)cc(C(=O)NCc3ccccc3)c2c1. The Morgan fingerprint density at radius 3 is 2.47 bits per heavy atom. The van der Waals surface area contributed by atoms with Crippen molar-refractivity contribution in [3.63, 3.8) is 0 Å². The lowest BCUT2D eigenvalue weighted by molar-refractivity contribution is 0.0952. The molecule has 5 heteroatoms. The molecule has 0 radical (unpaired) electrons. The molecule has 3 nitrogen and oxygen atoms in total. The fraction of sp³-hybridized carbons (Fsp3) is 0.120. The minimum absolute atomic E-state index is 0.150. The number of aryl methyl sites for hydroxylation is 2. The quantitative estimate of drug-likeness (QED) is 0.385. The molecular formula is C25H20Cl2N2O. The Morgan fingerprint density at radius 1 is 0.967 bits per heavy atom. The lowest BCUT2D eigenvalue weighted by atomic mass is 9.99. The molecule has 30 heavy (non-hydrogen) atoms. The summed E-state index contributed by atoms with van der Waals surface area (Å²) in [6.45, 7) is 4.47. The van der Waals surface area contributed by atoms with E-state index in [4.69, 9.17) is 28.2 Å². The van der Waals surface area contributed by atoms with Crippen LogP contribution < -0.4 is 5.32 Å². The fourth-order valence-electron chi connectivity index (χ4n) is 3.58. The molecule has 3 aromatic carbocycles. The first-order valence-corrected chi connectivity index (χ1v) is 10.4. The Kier molecular flexibility index (Phi) is 5.76. The average Bonchev–Trinajstić information content (AvgIpc) is 2.72. The van der Waals surface area contributed by atoms with Gasteiger partial charge in [-0.05, 0) is 55.3 Å². The van der Waals surface area contributed by atoms with Gasteiger partial charge in [-0.2, -0.15) is 0 Å². The zero-order valence-electron chi connectivity index (χ0n) is 16.7. The summed E-state index contributed by atoms with van der Waals surface area (Å²) in [6.07, 6.45) is 0. The molecule has 0 spiro atoms. The molecule has 0 bridgehead atoms. The number of rotatable bonds is 4. The molecule has 4 aromatic rings. The van der Waals surface area contributed by atoms with Gasteiger partial charge in [-0.25, -0.2) is 4.98 Å². The van der Waals surface area contributed by atoms with Crippen molar-refractivity contribution in [3.8, 4) is 11.3 Å². The van der Waals surface area contributed by atoms with Gasteiger partial charge in [0.2, 0.25) is 0 Å². The number of nitrogens with zero attached hydrogens (tertiary/aromatic N) is 1. The number of halogens is 2. The third-order valence-corrected chi connectivity index (χ3v) is 5.54. The van der Waals surface area contributed by atoms with E-state index in [9.17, 15) is 4.79 Å². The number of nitrogens with one attached hydrogen (secondary N) is 1. The molecule has 4 rings (SSSR count). The van der Waals surface area contributed by atoms with Crippen molar-refractivity contribution >= 4 is 40.0 Å². The van der Waals surface area contributed by atoms with Gasteiger partial charge in [0.05, 0.1) is 21.8 Å². The fourth-order valence-corrected chi connectivity index (χ4v) is 4.08. The average molecular weight is 435 g/mol. The minimum atomic E-state index is -0.150. The molecule has 0 aliphatic rings. The second kappa shape index (κ2) is 8.47. The third-order valence-electron chi connectivity index (χ3n) is 5.00. The van der Waals surface area contributed by atoms with Crippen LogP contribution in [-0.4, -0.2) is 10.9 Å². The van der Waals surface area contributed by atoms with Gasteiger partial charge < -0.3 is 5.32 Å². The summed E-state index contributed by atoms with van der Waals surface area (Å²) < 4.78 is 0. The van der Waals surface area contributed by atoms with Crippen LogP contribution in [0.5, 0.6) is 0 Å². The second-order valence-corrected chi connectivity index (χ2v) is 8.17. The molecule has 0 saturated heterocycles. The minimum Gasteiger partial charge on any atom is -0.348 e. The Bertz CT molecular complexity index is 1250. The van der Waals surface area contributed by atoms with Crippen molar-refractivity contribution in [1.82, 2.24) is 10.3 Å². The third kappa shape index (κ3) is 4.18. The summed E-state index contributed by atoms with van der Waals surface area (Å²) in [5.74, 6) is -0.150. The highest BCUT2D eigenvalue weighted by molar-refractivity contribution is 6.36. The van der Waals surface area contributed by atoms with Crippen molar-refractivity contribution in [2.45, 2.75) is 20.4 Å². The maximum Gasteiger partial charge on any atom is 0.252 e.